The van der Waals surface area contributed by atoms with Crippen LogP contribution in [0.3, 0.4) is 0 Å². The van der Waals surface area contributed by atoms with Gasteiger partial charge in [-0.05, 0) is 51.5 Å². The normalized spacial score (nSPS) is 23.6. The quantitative estimate of drug-likeness (QED) is 0.310. The van der Waals surface area contributed by atoms with E-state index in [1.165, 1.54) is 14.0 Å². The van der Waals surface area contributed by atoms with E-state index in [4.69, 9.17) is 18.6 Å². The van der Waals surface area contributed by atoms with E-state index in [1.54, 1.807) is 24.3 Å². The Morgan fingerprint density at radius 2 is 1.70 bits per heavy atom. The lowest BCUT2D eigenvalue weighted by Crippen LogP contribution is -2.58. The number of aromatic hydroxyl groups is 2. The first-order chi connectivity index (χ1) is 17.5. The van der Waals surface area contributed by atoms with Crippen molar-refractivity contribution < 1.29 is 44.2 Å². The van der Waals surface area contributed by atoms with Crippen molar-refractivity contribution in [3.63, 3.8) is 0 Å². The zero-order valence-corrected chi connectivity index (χ0v) is 20.8. The average molecular weight is 515 g/mol. The fourth-order valence-corrected chi connectivity index (χ4v) is 4.14. The zero-order chi connectivity index (χ0) is 27.0. The molecule has 2 heterocycles. The number of ether oxygens (including phenoxy) is 3. The Labute approximate surface area is 212 Å². The third-order valence-electron chi connectivity index (χ3n) is 6.29. The number of aliphatic hydroxyl groups is 3. The highest BCUT2D eigenvalue weighted by molar-refractivity contribution is 5.91. The Balaban J connectivity index is 1.96. The van der Waals surface area contributed by atoms with Crippen LogP contribution >= 0.6 is 0 Å². The van der Waals surface area contributed by atoms with Crippen LogP contribution in [0, 0.1) is 0 Å². The highest BCUT2D eigenvalue weighted by atomic mass is 16.7. The molecular weight excluding hydrogens is 484 g/mol. The van der Waals surface area contributed by atoms with Crippen LogP contribution in [0.2, 0.25) is 0 Å². The van der Waals surface area contributed by atoms with Gasteiger partial charge in [0.1, 0.15) is 46.5 Å². The van der Waals surface area contributed by atoms with Gasteiger partial charge in [0.05, 0.1) is 13.2 Å². The third kappa shape index (κ3) is 5.01. The maximum Gasteiger partial charge on any atom is 0.239 e. The lowest BCUT2D eigenvalue weighted by molar-refractivity contribution is -0.268. The molecule has 10 heteroatoms. The standard InChI is InChI=1S/C27H30O10/c1-12(2)5-10-16-17(28)11-18(29)19-21(31)26(37-27-23(33)22(32)20(30)13(3)35-27)24(36-25(16)19)14-6-8-15(34-4)9-7-14/h5-9,11,13,20,22-23,27-30,32-33H,10H2,1-4H3/t13-,20-,22-,23-,27-/m0/s1. The lowest BCUT2D eigenvalue weighted by atomic mass is 10.00. The summed E-state index contributed by atoms with van der Waals surface area (Å²) in [5.74, 6) is -0.690. The average Bonchev–Trinajstić information content (AvgIpc) is 2.86. The summed E-state index contributed by atoms with van der Waals surface area (Å²) < 4.78 is 22.7. The molecule has 0 spiro atoms. The van der Waals surface area contributed by atoms with Gasteiger partial charge in [0, 0.05) is 17.2 Å². The van der Waals surface area contributed by atoms with Gasteiger partial charge < -0.3 is 44.2 Å². The van der Waals surface area contributed by atoms with Gasteiger partial charge in [0.15, 0.2) is 5.76 Å². The van der Waals surface area contributed by atoms with Crippen molar-refractivity contribution in [1.82, 2.24) is 0 Å². The van der Waals surface area contributed by atoms with E-state index in [1.807, 2.05) is 19.9 Å². The molecule has 4 rings (SSSR count). The summed E-state index contributed by atoms with van der Waals surface area (Å²) in [5.41, 5.74) is 0.828. The smallest absolute Gasteiger partial charge is 0.239 e. The summed E-state index contributed by atoms with van der Waals surface area (Å²) in [6.45, 7) is 5.24. The highest BCUT2D eigenvalue weighted by Gasteiger charge is 2.44. The zero-order valence-electron chi connectivity index (χ0n) is 20.8. The Kier molecular flexibility index (Phi) is 7.47. The van der Waals surface area contributed by atoms with Crippen LogP contribution in [0.25, 0.3) is 22.3 Å². The molecule has 0 radical (unpaired) electrons. The number of hydrogen-bond acceptors (Lipinski definition) is 10. The molecule has 0 saturated carbocycles. The van der Waals surface area contributed by atoms with E-state index in [9.17, 15) is 30.3 Å². The van der Waals surface area contributed by atoms with E-state index in [0.717, 1.165) is 11.6 Å². The van der Waals surface area contributed by atoms with E-state index < -0.39 is 47.6 Å². The second-order valence-corrected chi connectivity index (χ2v) is 9.20. The molecule has 2 aromatic carbocycles. The van der Waals surface area contributed by atoms with E-state index in [2.05, 4.69) is 0 Å². The van der Waals surface area contributed by atoms with E-state index >= 15 is 0 Å². The number of methoxy groups -OCH3 is 1. The third-order valence-corrected chi connectivity index (χ3v) is 6.29. The Morgan fingerprint density at radius 3 is 2.32 bits per heavy atom. The predicted octanol–water partition coefficient (Wildman–Crippen LogP) is 2.59. The van der Waals surface area contributed by atoms with Gasteiger partial charge in [-0.3, -0.25) is 4.79 Å². The first-order valence-electron chi connectivity index (χ1n) is 11.7. The number of aliphatic hydroxyl groups excluding tert-OH is 3. The summed E-state index contributed by atoms with van der Waals surface area (Å²) in [5, 5.41) is 51.6. The van der Waals surface area contributed by atoms with Crippen LogP contribution in [0.15, 0.2) is 51.2 Å². The van der Waals surface area contributed by atoms with Crippen molar-refractivity contribution in [2.24, 2.45) is 0 Å². The molecule has 1 saturated heterocycles. The van der Waals surface area contributed by atoms with Gasteiger partial charge in [-0.15, -0.1) is 0 Å². The van der Waals surface area contributed by atoms with Gasteiger partial charge in [-0.25, -0.2) is 0 Å². The lowest BCUT2D eigenvalue weighted by Gasteiger charge is -2.38. The van der Waals surface area contributed by atoms with Crippen LogP contribution in [0.1, 0.15) is 26.3 Å². The van der Waals surface area contributed by atoms with Crippen LogP contribution in [0.4, 0.5) is 0 Å². The number of fused-ring (bicyclic) bond motifs is 1. The number of phenols is 2. The monoisotopic (exact) mass is 514 g/mol. The second-order valence-electron chi connectivity index (χ2n) is 9.20. The van der Waals surface area contributed by atoms with Crippen molar-refractivity contribution in [2.75, 3.05) is 7.11 Å². The predicted molar refractivity (Wildman–Crippen MR) is 134 cm³/mol. The molecule has 1 fully saturated rings. The minimum absolute atomic E-state index is 0.0351. The molecule has 198 valence electrons. The summed E-state index contributed by atoms with van der Waals surface area (Å²) in [6.07, 6.45) is -5.03. The molecule has 0 unspecified atom stereocenters. The molecule has 3 aromatic rings. The largest absolute Gasteiger partial charge is 0.507 e. The Morgan fingerprint density at radius 1 is 1.03 bits per heavy atom. The second kappa shape index (κ2) is 10.4. The first-order valence-corrected chi connectivity index (χ1v) is 11.7. The van der Waals surface area contributed by atoms with Crippen molar-refractivity contribution >= 4 is 11.0 Å². The van der Waals surface area contributed by atoms with Gasteiger partial charge in [-0.1, -0.05) is 11.6 Å². The molecule has 0 amide bonds. The number of benzene rings is 2. The maximum absolute atomic E-state index is 13.8. The van der Waals surface area contributed by atoms with E-state index in [0.29, 0.717) is 11.3 Å². The summed E-state index contributed by atoms with van der Waals surface area (Å²) >= 11 is 0. The molecule has 0 bridgehead atoms. The first kappa shape index (κ1) is 26.5. The number of allylic oxidation sites excluding steroid dienone is 2. The van der Waals surface area contributed by atoms with Crippen LogP contribution in [-0.4, -0.2) is 63.3 Å². The van der Waals surface area contributed by atoms with Gasteiger partial charge in [0.25, 0.3) is 0 Å². The molecule has 1 aliphatic heterocycles. The summed E-state index contributed by atoms with van der Waals surface area (Å²) in [7, 11) is 1.50. The molecular formula is C27H30O10. The van der Waals surface area contributed by atoms with Crippen molar-refractivity contribution in [3.8, 4) is 34.3 Å². The fourth-order valence-electron chi connectivity index (χ4n) is 4.14. The molecule has 10 nitrogen and oxygen atoms in total. The molecule has 1 aliphatic rings. The summed E-state index contributed by atoms with van der Waals surface area (Å²) in [4.78, 5) is 13.8. The van der Waals surface area contributed by atoms with E-state index in [-0.39, 0.29) is 34.5 Å². The van der Waals surface area contributed by atoms with Crippen LogP contribution in [-0.2, 0) is 11.2 Å². The van der Waals surface area contributed by atoms with Crippen molar-refractivity contribution in [1.29, 1.82) is 0 Å². The van der Waals surface area contributed by atoms with Crippen LogP contribution < -0.4 is 14.9 Å². The topological polar surface area (TPSA) is 159 Å². The molecule has 1 aromatic heterocycles. The van der Waals surface area contributed by atoms with Crippen molar-refractivity contribution in [3.05, 3.63) is 57.8 Å². The Bertz CT molecular complexity index is 1370. The fraction of sp³-hybridized carbons (Fsp3) is 0.370. The minimum atomic E-state index is -1.69. The number of rotatable bonds is 6. The number of hydrogen-bond donors (Lipinski definition) is 5. The van der Waals surface area contributed by atoms with Crippen LogP contribution in [0.5, 0.6) is 23.0 Å². The molecule has 0 aliphatic carbocycles. The number of phenolic OH excluding ortho intramolecular Hbond substituents is 2. The molecule has 5 atom stereocenters. The van der Waals surface area contributed by atoms with Gasteiger partial charge >= 0.3 is 0 Å². The summed E-state index contributed by atoms with van der Waals surface area (Å²) in [6, 6.07) is 7.57. The Hall–Kier alpha value is -3.57. The molecule has 37 heavy (non-hydrogen) atoms. The van der Waals surface area contributed by atoms with Gasteiger partial charge in [0.2, 0.25) is 17.5 Å². The highest BCUT2D eigenvalue weighted by Crippen LogP contribution is 2.40. The minimum Gasteiger partial charge on any atom is -0.507 e. The SMILES string of the molecule is COc1ccc(-c2oc3c(CC=C(C)C)c(O)cc(O)c3c(=O)c2O[C@@H]2O[C@@H](C)[C@H](O)[C@H](O)[C@@H]2O)cc1. The molecule has 5 N–H and O–H groups in total. The maximum atomic E-state index is 13.8. The van der Waals surface area contributed by atoms with Gasteiger partial charge in [-0.2, -0.15) is 0 Å². The van der Waals surface area contributed by atoms with Crippen molar-refractivity contribution in [2.45, 2.75) is 57.9 Å².